The minimum Gasteiger partial charge on any atom is -0.335 e. The van der Waals surface area contributed by atoms with E-state index in [2.05, 4.69) is 4.98 Å². The van der Waals surface area contributed by atoms with E-state index in [1.54, 1.807) is 29.4 Å². The predicted molar refractivity (Wildman–Crippen MR) is 98.0 cm³/mol. The van der Waals surface area contributed by atoms with Crippen LogP contribution in [0.25, 0.3) is 0 Å². The van der Waals surface area contributed by atoms with Crippen LogP contribution >= 0.6 is 0 Å². The summed E-state index contributed by atoms with van der Waals surface area (Å²) in [4.78, 5) is 41.8. The van der Waals surface area contributed by atoms with E-state index in [4.69, 9.17) is 0 Å². The Balaban J connectivity index is 1.98. The van der Waals surface area contributed by atoms with E-state index in [0.717, 1.165) is 18.4 Å². The van der Waals surface area contributed by atoms with Crippen LogP contribution in [0.15, 0.2) is 43.0 Å². The van der Waals surface area contributed by atoms with Crippen molar-refractivity contribution in [3.63, 3.8) is 0 Å². The highest BCUT2D eigenvalue weighted by Gasteiger charge is 2.40. The minimum absolute atomic E-state index is 0.0153. The fourth-order valence-electron chi connectivity index (χ4n) is 3.59. The Kier molecular flexibility index (Phi) is 5.63. The lowest BCUT2D eigenvalue weighted by Gasteiger charge is -2.40. The Hall–Kier alpha value is -3.03. The third kappa shape index (κ3) is 3.89. The second-order valence-corrected chi connectivity index (χ2v) is 6.69. The molecular formula is C19H22N4O4. The first-order chi connectivity index (χ1) is 13.0. The summed E-state index contributed by atoms with van der Waals surface area (Å²) in [5.74, 6) is -0.526. The number of hydrogen-bond acceptors (Lipinski definition) is 5. The molecule has 2 aromatic rings. The van der Waals surface area contributed by atoms with Crippen molar-refractivity contribution in [3.05, 3.63) is 58.7 Å². The van der Waals surface area contributed by atoms with Crippen molar-refractivity contribution in [2.24, 2.45) is 5.92 Å². The van der Waals surface area contributed by atoms with E-state index in [-0.39, 0.29) is 17.5 Å². The summed E-state index contributed by atoms with van der Waals surface area (Å²) in [6.07, 6.45) is 7.13. The number of carbonyl (C=O) groups is 2. The largest absolute Gasteiger partial charge is 0.335 e. The summed E-state index contributed by atoms with van der Waals surface area (Å²) >= 11 is 0. The van der Waals surface area contributed by atoms with Crippen molar-refractivity contribution in [1.29, 1.82) is 0 Å². The van der Waals surface area contributed by atoms with Crippen LogP contribution in [-0.2, 0) is 4.79 Å². The van der Waals surface area contributed by atoms with Crippen LogP contribution in [0.5, 0.6) is 0 Å². The highest BCUT2D eigenvalue weighted by atomic mass is 16.6. The third-order valence-corrected chi connectivity index (χ3v) is 4.98. The van der Waals surface area contributed by atoms with Gasteiger partial charge in [-0.25, -0.2) is 4.98 Å². The zero-order valence-corrected chi connectivity index (χ0v) is 15.2. The van der Waals surface area contributed by atoms with E-state index >= 15 is 0 Å². The van der Waals surface area contributed by atoms with E-state index in [1.807, 2.05) is 6.92 Å². The van der Waals surface area contributed by atoms with Crippen molar-refractivity contribution in [3.8, 4) is 0 Å². The number of piperidine rings is 1. The van der Waals surface area contributed by atoms with Gasteiger partial charge in [0.15, 0.2) is 0 Å². The number of carbonyl (C=O) groups excluding carboxylic acids is 2. The third-order valence-electron chi connectivity index (χ3n) is 4.98. The molecule has 0 radical (unpaired) electrons. The first-order valence-corrected chi connectivity index (χ1v) is 9.09. The van der Waals surface area contributed by atoms with Gasteiger partial charge in [0, 0.05) is 37.5 Å². The summed E-state index contributed by atoms with van der Waals surface area (Å²) in [5, 5.41) is 11.0. The maximum absolute atomic E-state index is 13.0. The SMILES string of the molecule is CCCCN1C(=O)CCC(C(=O)n2ccnc2)C1c1ccc([N+](=O)[O-])cc1. The van der Waals surface area contributed by atoms with Gasteiger partial charge in [0.05, 0.1) is 16.9 Å². The molecule has 0 bridgehead atoms. The predicted octanol–water partition coefficient (Wildman–Crippen LogP) is 3.21. The number of nitro benzene ring substituents is 1. The van der Waals surface area contributed by atoms with Gasteiger partial charge in [-0.05, 0) is 18.4 Å². The molecule has 1 fully saturated rings. The Bertz CT molecular complexity index is 817. The summed E-state index contributed by atoms with van der Waals surface area (Å²) in [7, 11) is 0. The maximum atomic E-state index is 13.0. The van der Waals surface area contributed by atoms with Crippen LogP contribution in [0.1, 0.15) is 49.0 Å². The number of unbranched alkanes of at least 4 members (excludes halogenated alkanes) is 1. The van der Waals surface area contributed by atoms with Gasteiger partial charge in [-0.15, -0.1) is 0 Å². The molecule has 1 aliphatic rings. The molecule has 3 rings (SSSR count). The molecule has 1 saturated heterocycles. The monoisotopic (exact) mass is 370 g/mol. The Morgan fingerprint density at radius 1 is 1.33 bits per heavy atom. The van der Waals surface area contributed by atoms with E-state index in [9.17, 15) is 19.7 Å². The highest BCUT2D eigenvalue weighted by molar-refractivity contribution is 5.86. The second-order valence-electron chi connectivity index (χ2n) is 6.69. The molecular weight excluding hydrogens is 348 g/mol. The van der Waals surface area contributed by atoms with Crippen LogP contribution in [0.2, 0.25) is 0 Å². The Morgan fingerprint density at radius 2 is 2.07 bits per heavy atom. The minimum atomic E-state index is -0.460. The summed E-state index contributed by atoms with van der Waals surface area (Å²) in [5.41, 5.74) is 0.724. The average molecular weight is 370 g/mol. The number of hydrogen-bond donors (Lipinski definition) is 0. The second kappa shape index (κ2) is 8.11. The summed E-state index contributed by atoms with van der Waals surface area (Å²) in [6, 6.07) is 5.70. The number of aromatic nitrogens is 2. The molecule has 2 unspecified atom stereocenters. The van der Waals surface area contributed by atoms with Crippen molar-refractivity contribution in [2.45, 2.75) is 38.6 Å². The molecule has 8 heteroatoms. The van der Waals surface area contributed by atoms with Gasteiger partial charge in [0.2, 0.25) is 11.8 Å². The Labute approximate surface area is 157 Å². The molecule has 1 aromatic carbocycles. The number of benzene rings is 1. The van der Waals surface area contributed by atoms with Gasteiger partial charge in [-0.2, -0.15) is 0 Å². The van der Waals surface area contributed by atoms with E-state index in [1.165, 1.54) is 23.0 Å². The van der Waals surface area contributed by atoms with Crippen molar-refractivity contribution in [1.82, 2.24) is 14.5 Å². The molecule has 2 heterocycles. The van der Waals surface area contributed by atoms with Crippen LogP contribution in [0.4, 0.5) is 5.69 Å². The van der Waals surface area contributed by atoms with Crippen LogP contribution < -0.4 is 0 Å². The molecule has 2 atom stereocenters. The number of nitro groups is 1. The van der Waals surface area contributed by atoms with Crippen LogP contribution in [0.3, 0.4) is 0 Å². The number of amides is 1. The van der Waals surface area contributed by atoms with Gasteiger partial charge < -0.3 is 4.90 Å². The van der Waals surface area contributed by atoms with Crippen molar-refractivity contribution >= 4 is 17.5 Å². The number of nitrogens with zero attached hydrogens (tertiary/aromatic N) is 4. The molecule has 8 nitrogen and oxygen atoms in total. The van der Waals surface area contributed by atoms with E-state index in [0.29, 0.717) is 19.4 Å². The highest BCUT2D eigenvalue weighted by Crippen LogP contribution is 2.38. The normalized spacial score (nSPS) is 19.9. The molecule has 0 saturated carbocycles. The van der Waals surface area contributed by atoms with Gasteiger partial charge >= 0.3 is 0 Å². The van der Waals surface area contributed by atoms with Gasteiger partial charge in [0.1, 0.15) is 6.33 Å². The lowest BCUT2D eigenvalue weighted by molar-refractivity contribution is -0.384. The van der Waals surface area contributed by atoms with Gasteiger partial charge in [-0.1, -0.05) is 25.5 Å². The number of rotatable bonds is 6. The first-order valence-electron chi connectivity index (χ1n) is 9.09. The average Bonchev–Trinajstić information content (AvgIpc) is 3.21. The summed E-state index contributed by atoms with van der Waals surface area (Å²) in [6.45, 7) is 2.61. The molecule has 1 aliphatic heterocycles. The van der Waals surface area contributed by atoms with Crippen LogP contribution in [0, 0.1) is 16.0 Å². The Morgan fingerprint density at radius 3 is 2.67 bits per heavy atom. The molecule has 0 N–H and O–H groups in total. The molecule has 1 amide bonds. The molecule has 1 aromatic heterocycles. The van der Waals surface area contributed by atoms with Gasteiger partial charge in [-0.3, -0.25) is 24.3 Å². The molecule has 0 spiro atoms. The topological polar surface area (TPSA) is 98.3 Å². The standard InChI is InChI=1S/C19H22N4O4/c1-2-3-11-22-17(24)9-8-16(19(25)21-12-10-20-13-21)18(22)14-4-6-15(7-5-14)23(26)27/h4-7,10,12-13,16,18H,2-3,8-9,11H2,1H3. The maximum Gasteiger partial charge on any atom is 0.269 e. The quantitative estimate of drug-likeness (QED) is 0.574. The van der Waals surface area contributed by atoms with Gasteiger partial charge in [0.25, 0.3) is 5.69 Å². The summed E-state index contributed by atoms with van der Waals surface area (Å²) < 4.78 is 1.44. The van der Waals surface area contributed by atoms with Crippen LogP contribution in [-0.4, -0.2) is 37.7 Å². The zero-order valence-electron chi connectivity index (χ0n) is 15.2. The lowest BCUT2D eigenvalue weighted by Crippen LogP contribution is -2.46. The number of imidazole rings is 1. The van der Waals surface area contributed by atoms with Crippen molar-refractivity contribution in [2.75, 3.05) is 6.54 Å². The molecule has 0 aliphatic carbocycles. The zero-order chi connectivity index (χ0) is 19.4. The van der Waals surface area contributed by atoms with Crippen molar-refractivity contribution < 1.29 is 14.5 Å². The first kappa shape index (κ1) is 18.8. The van der Waals surface area contributed by atoms with E-state index < -0.39 is 16.9 Å². The molecule has 27 heavy (non-hydrogen) atoms. The fraction of sp³-hybridized carbons (Fsp3) is 0.421. The lowest BCUT2D eigenvalue weighted by atomic mass is 9.83. The number of likely N-dealkylation sites (tertiary alicyclic amines) is 1. The molecule has 142 valence electrons. The smallest absolute Gasteiger partial charge is 0.269 e. The number of non-ortho nitro benzene ring substituents is 1. The fourth-order valence-corrected chi connectivity index (χ4v) is 3.59.